The Morgan fingerprint density at radius 3 is 2.18 bits per heavy atom. The van der Waals surface area contributed by atoms with E-state index in [1.54, 1.807) is 33.8 Å². The molecular formula is C35H44O14. The topological polar surface area (TPSA) is 191 Å². The summed E-state index contributed by atoms with van der Waals surface area (Å²) in [5.41, 5.74) is -7.20. The molecule has 11 atom stereocenters. The third kappa shape index (κ3) is 4.96. The maximum absolute atomic E-state index is 15.4. The maximum atomic E-state index is 15.4. The number of carbonyl (C=O) groups excluding carboxylic acids is 6. The van der Waals surface area contributed by atoms with Crippen molar-refractivity contribution in [3.8, 4) is 0 Å². The number of Topliss-reactive ketones (excluding diaryl/α,β-unsaturated/α-hetero) is 1. The van der Waals surface area contributed by atoms with E-state index < -0.39 is 112 Å². The van der Waals surface area contributed by atoms with E-state index in [9.17, 15) is 29.1 Å². The van der Waals surface area contributed by atoms with Gasteiger partial charge in [0.05, 0.1) is 48.6 Å². The number of hydrogen-bond acceptors (Lipinski definition) is 14. The molecule has 0 amide bonds. The predicted molar refractivity (Wildman–Crippen MR) is 165 cm³/mol. The van der Waals surface area contributed by atoms with Crippen LogP contribution in [0.1, 0.15) is 73.7 Å². The Morgan fingerprint density at radius 1 is 1.02 bits per heavy atom. The molecule has 0 aromatic carbocycles. The molecule has 5 rings (SSSR count). The van der Waals surface area contributed by atoms with Crippen LogP contribution >= 0.6 is 0 Å². The molecule has 1 spiro atoms. The van der Waals surface area contributed by atoms with Gasteiger partial charge in [-0.15, -0.1) is 0 Å². The van der Waals surface area contributed by atoms with Gasteiger partial charge < -0.3 is 37.9 Å². The quantitative estimate of drug-likeness (QED) is 0.250. The highest BCUT2D eigenvalue weighted by Crippen LogP contribution is 2.71. The molecule has 14 heteroatoms. The van der Waals surface area contributed by atoms with Crippen LogP contribution in [0.15, 0.2) is 35.0 Å². The zero-order valence-electron chi connectivity index (χ0n) is 29.1. The minimum atomic E-state index is -2.21. The number of ether oxygens (including phenoxy) is 6. The summed E-state index contributed by atoms with van der Waals surface area (Å²) < 4.78 is 41.2. The number of aliphatic hydroxyl groups is 1. The lowest BCUT2D eigenvalue weighted by Gasteiger charge is -2.62. The molecule has 2 saturated carbocycles. The van der Waals surface area contributed by atoms with Crippen LogP contribution in [0.5, 0.6) is 0 Å². The molecule has 4 aliphatic rings. The van der Waals surface area contributed by atoms with Gasteiger partial charge in [0.25, 0.3) is 0 Å². The van der Waals surface area contributed by atoms with Gasteiger partial charge in [-0.3, -0.25) is 24.0 Å². The summed E-state index contributed by atoms with van der Waals surface area (Å²) in [4.78, 5) is 81.1. The molecule has 2 bridgehead atoms. The molecule has 1 aromatic heterocycles. The van der Waals surface area contributed by atoms with Gasteiger partial charge in [-0.05, 0) is 37.5 Å². The highest BCUT2D eigenvalue weighted by atomic mass is 16.6. The van der Waals surface area contributed by atoms with Crippen LogP contribution in [0, 0.1) is 34.0 Å². The van der Waals surface area contributed by atoms with Crippen LogP contribution in [0.2, 0.25) is 0 Å². The summed E-state index contributed by atoms with van der Waals surface area (Å²) in [7, 11) is 1.18. The Kier molecular flexibility index (Phi) is 8.93. The van der Waals surface area contributed by atoms with Crippen LogP contribution in [-0.2, 0) is 57.2 Å². The van der Waals surface area contributed by atoms with Gasteiger partial charge in [0.1, 0.15) is 23.6 Å². The molecule has 11 unspecified atom stereocenters. The lowest BCUT2D eigenvalue weighted by atomic mass is 9.49. The number of fused-ring (bicyclic) bond motifs is 2. The van der Waals surface area contributed by atoms with Crippen molar-refractivity contribution in [2.24, 2.45) is 34.0 Å². The molecule has 268 valence electrons. The van der Waals surface area contributed by atoms with E-state index in [1.165, 1.54) is 33.3 Å². The zero-order valence-corrected chi connectivity index (χ0v) is 29.1. The van der Waals surface area contributed by atoms with Crippen molar-refractivity contribution < 1.29 is 66.7 Å². The van der Waals surface area contributed by atoms with Crippen molar-refractivity contribution in [1.82, 2.24) is 0 Å². The number of ketones is 1. The lowest BCUT2D eigenvalue weighted by Crippen LogP contribution is -2.75. The van der Waals surface area contributed by atoms with Crippen molar-refractivity contribution in [2.75, 3.05) is 7.11 Å². The molecule has 2 saturated heterocycles. The summed E-state index contributed by atoms with van der Waals surface area (Å²) in [5.74, 6) is -7.88. The fourth-order valence-electron chi connectivity index (χ4n) is 8.90. The molecule has 4 fully saturated rings. The summed E-state index contributed by atoms with van der Waals surface area (Å²) in [6, 6.07) is 3.06. The van der Waals surface area contributed by atoms with Gasteiger partial charge in [0.2, 0.25) is 6.10 Å². The first kappa shape index (κ1) is 36.2. The number of furan rings is 1. The number of rotatable bonds is 7. The summed E-state index contributed by atoms with van der Waals surface area (Å²) in [5, 5.41) is 12.3. The van der Waals surface area contributed by atoms with Crippen molar-refractivity contribution in [3.05, 3.63) is 36.3 Å². The van der Waals surface area contributed by atoms with E-state index in [1.807, 2.05) is 0 Å². The van der Waals surface area contributed by atoms with Crippen LogP contribution in [0.3, 0.4) is 0 Å². The van der Waals surface area contributed by atoms with Gasteiger partial charge >= 0.3 is 29.8 Å². The third-order valence-electron chi connectivity index (χ3n) is 11.3. The Morgan fingerprint density at radius 2 is 1.65 bits per heavy atom. The smallest absolute Gasteiger partial charge is 0.351 e. The van der Waals surface area contributed by atoms with E-state index in [-0.39, 0.29) is 17.8 Å². The third-order valence-corrected chi connectivity index (χ3v) is 11.3. The molecule has 14 nitrogen and oxygen atoms in total. The molecular weight excluding hydrogens is 644 g/mol. The second kappa shape index (κ2) is 12.1. The van der Waals surface area contributed by atoms with E-state index in [0.717, 1.165) is 13.8 Å². The van der Waals surface area contributed by atoms with Gasteiger partial charge in [0, 0.05) is 19.3 Å². The first-order valence-electron chi connectivity index (χ1n) is 16.2. The Labute approximate surface area is 283 Å². The summed E-state index contributed by atoms with van der Waals surface area (Å²) >= 11 is 0. The van der Waals surface area contributed by atoms with E-state index in [0.29, 0.717) is 0 Å². The fourth-order valence-corrected chi connectivity index (χ4v) is 8.90. The average Bonchev–Trinajstić information content (AvgIpc) is 3.59. The molecule has 2 aliphatic heterocycles. The van der Waals surface area contributed by atoms with Crippen LogP contribution in [0.4, 0.5) is 0 Å². The molecule has 0 radical (unpaired) electrons. The highest BCUT2D eigenvalue weighted by molar-refractivity contribution is 5.95. The van der Waals surface area contributed by atoms with Crippen LogP contribution in [0.25, 0.3) is 0 Å². The Balaban J connectivity index is 1.87. The monoisotopic (exact) mass is 688 g/mol. The van der Waals surface area contributed by atoms with Crippen molar-refractivity contribution in [2.45, 2.75) is 104 Å². The normalized spacial score (nSPS) is 39.2. The second-order valence-electron chi connectivity index (χ2n) is 14.7. The van der Waals surface area contributed by atoms with Crippen molar-refractivity contribution >= 4 is 35.6 Å². The first-order valence-corrected chi connectivity index (χ1v) is 16.2. The number of carbonyl (C=O) groups is 6. The van der Waals surface area contributed by atoms with E-state index in [2.05, 4.69) is 6.58 Å². The van der Waals surface area contributed by atoms with Crippen molar-refractivity contribution in [3.63, 3.8) is 0 Å². The maximum Gasteiger partial charge on any atom is 0.351 e. The van der Waals surface area contributed by atoms with E-state index in [4.69, 9.17) is 32.8 Å². The number of methoxy groups -OCH3 is 1. The Bertz CT molecular complexity index is 1580. The largest absolute Gasteiger partial charge is 0.469 e. The minimum Gasteiger partial charge on any atom is -0.469 e. The lowest BCUT2D eigenvalue weighted by molar-refractivity contribution is -0.318. The van der Waals surface area contributed by atoms with Gasteiger partial charge in [-0.25, -0.2) is 4.79 Å². The molecule has 1 aromatic rings. The van der Waals surface area contributed by atoms with Crippen LogP contribution in [-0.4, -0.2) is 84.0 Å². The Hall–Kier alpha value is -4.04. The van der Waals surface area contributed by atoms with Crippen LogP contribution < -0.4 is 0 Å². The number of esters is 5. The summed E-state index contributed by atoms with van der Waals surface area (Å²) in [6.45, 7) is 16.0. The first-order chi connectivity index (χ1) is 22.7. The average molecular weight is 689 g/mol. The number of aliphatic hydroxyl groups excluding tert-OH is 1. The minimum absolute atomic E-state index is 0.0878. The zero-order chi connectivity index (χ0) is 36.6. The molecule has 3 heterocycles. The van der Waals surface area contributed by atoms with Gasteiger partial charge in [0.15, 0.2) is 18.0 Å². The van der Waals surface area contributed by atoms with Gasteiger partial charge in [-0.1, -0.05) is 34.3 Å². The highest BCUT2D eigenvalue weighted by Gasteiger charge is 2.83. The number of hydrogen-bond donors (Lipinski definition) is 1. The molecule has 49 heavy (non-hydrogen) atoms. The number of cyclic esters (lactones) is 1. The summed E-state index contributed by atoms with van der Waals surface area (Å²) in [6.07, 6.45) is -8.42. The predicted octanol–water partition coefficient (Wildman–Crippen LogP) is 2.79. The molecule has 1 N–H and O–H groups in total. The second-order valence-corrected chi connectivity index (χ2v) is 14.7. The van der Waals surface area contributed by atoms with Gasteiger partial charge in [-0.2, -0.15) is 0 Å². The van der Waals surface area contributed by atoms with Crippen molar-refractivity contribution in [1.29, 1.82) is 0 Å². The fraction of sp³-hybridized carbons (Fsp3) is 0.657. The SMILES string of the molecule is C=C1C2C(=O)C3(C)C(OC14C(OC(C)=O)C(=O)OC(c1ccco1)C4(C)C2O)C(OC(=O)C(C)C)C(OC(C)=O)C(C)(C)C3CC(=O)OC. The standard InChI is InChI=1S/C35H44O14/c1-15(2)30(41)47-23-27(45-17(4)36)32(6,7)20(14-21(38)43-10)33(8)24(39)22-16(3)35(49-28(23)33)29(46-18(5)37)31(42)48-26(19-12-11-13-44-19)34(35,9)25(22)40/h11-13,15,20,22-23,25-29,40H,3,14H2,1-2,4-10H3. The van der Waals surface area contributed by atoms with E-state index >= 15 is 4.79 Å². The molecule has 2 aliphatic carbocycles.